The summed E-state index contributed by atoms with van der Waals surface area (Å²) in [7, 11) is 1.46. The van der Waals surface area contributed by atoms with Crippen LogP contribution in [-0.2, 0) is 22.3 Å². The number of carbonyl (C=O) groups is 2. The number of hydrogen-bond donors (Lipinski definition) is 0. The number of halogens is 4. The van der Waals surface area contributed by atoms with E-state index in [0.717, 1.165) is 31.2 Å². The maximum atomic E-state index is 15.7. The molecule has 0 bridgehead atoms. The Hall–Kier alpha value is -3.87. The molecule has 0 N–H and O–H groups in total. The summed E-state index contributed by atoms with van der Waals surface area (Å²) in [6.45, 7) is 3.87. The number of alkyl halides is 3. The molecule has 0 spiro atoms. The van der Waals surface area contributed by atoms with Crippen molar-refractivity contribution in [2.45, 2.75) is 58.3 Å². The first kappa shape index (κ1) is 30.1. The van der Waals surface area contributed by atoms with E-state index in [9.17, 15) is 22.8 Å². The summed E-state index contributed by atoms with van der Waals surface area (Å²) in [5, 5.41) is 7.73. The van der Waals surface area contributed by atoms with Gasteiger partial charge in [-0.25, -0.2) is 9.37 Å². The van der Waals surface area contributed by atoms with E-state index in [1.165, 1.54) is 35.3 Å². The molecular formula is C28H31F4N5O4. The maximum Gasteiger partial charge on any atom is 0.421 e. The van der Waals surface area contributed by atoms with Crippen LogP contribution in [0.2, 0.25) is 0 Å². The minimum Gasteiger partial charge on any atom is -0.435 e. The van der Waals surface area contributed by atoms with Gasteiger partial charge in [0.05, 0.1) is 42.8 Å². The highest BCUT2D eigenvalue weighted by Gasteiger charge is 2.37. The summed E-state index contributed by atoms with van der Waals surface area (Å²) in [5.74, 6) is -2.82. The molecule has 0 saturated heterocycles. The van der Waals surface area contributed by atoms with Gasteiger partial charge in [-0.15, -0.1) is 0 Å². The summed E-state index contributed by atoms with van der Waals surface area (Å²) in [4.78, 5) is 32.1. The number of methoxy groups -OCH3 is 1. The van der Waals surface area contributed by atoms with E-state index < -0.39 is 40.8 Å². The molecule has 4 rings (SSSR count). The minimum absolute atomic E-state index is 0.0101. The molecule has 0 unspecified atom stereocenters. The molecule has 9 nitrogen and oxygen atoms in total. The van der Waals surface area contributed by atoms with E-state index in [1.807, 2.05) is 0 Å². The van der Waals surface area contributed by atoms with Crippen molar-refractivity contribution in [1.82, 2.24) is 20.0 Å². The van der Waals surface area contributed by atoms with Crippen molar-refractivity contribution in [2.24, 2.45) is 11.8 Å². The van der Waals surface area contributed by atoms with Crippen molar-refractivity contribution in [3.8, 4) is 11.6 Å². The van der Waals surface area contributed by atoms with Gasteiger partial charge in [-0.1, -0.05) is 6.92 Å². The number of hydrogen-bond acceptors (Lipinski definition) is 7. The van der Waals surface area contributed by atoms with E-state index in [0.29, 0.717) is 18.8 Å². The second kappa shape index (κ2) is 12.8. The first-order chi connectivity index (χ1) is 19.5. The first-order valence-electron chi connectivity index (χ1n) is 13.2. The molecule has 2 heterocycles. The molecule has 2 aromatic heterocycles. The third-order valence-corrected chi connectivity index (χ3v) is 7.16. The zero-order valence-corrected chi connectivity index (χ0v) is 22.9. The van der Waals surface area contributed by atoms with Crippen molar-refractivity contribution in [3.05, 3.63) is 59.3 Å². The monoisotopic (exact) mass is 577 g/mol. The van der Waals surface area contributed by atoms with Gasteiger partial charge >= 0.3 is 6.18 Å². The van der Waals surface area contributed by atoms with Crippen LogP contribution in [0.1, 0.15) is 61.0 Å². The molecule has 1 aliphatic carbocycles. The number of anilines is 1. The van der Waals surface area contributed by atoms with Crippen LogP contribution in [0.4, 0.5) is 23.2 Å². The van der Waals surface area contributed by atoms with Crippen LogP contribution in [0.25, 0.3) is 0 Å². The highest BCUT2D eigenvalue weighted by Crippen LogP contribution is 2.40. The number of rotatable bonds is 10. The van der Waals surface area contributed by atoms with Gasteiger partial charge in [0.15, 0.2) is 17.9 Å². The number of nitrogens with zero attached hydrogens (tertiary/aromatic N) is 5. The standard InChI is InChI=1S/C28H31F4N5O4/c1-17-4-6-20(7-5-17)27(39)37(18(2)16-40-3)23-8-9-24(25(29)21(23)15-38)41-26-22(28(30,31)32)12-19(13-33-26)14-36-34-10-11-35-36/h8-13,15,17-18,20H,4-7,14,16H2,1-3H3/t17-,18-,20-/m0/s1. The van der Waals surface area contributed by atoms with E-state index in [4.69, 9.17) is 9.47 Å². The molecule has 1 aliphatic rings. The average molecular weight is 578 g/mol. The fourth-order valence-electron chi connectivity index (χ4n) is 5.02. The topological polar surface area (TPSA) is 99.4 Å². The Balaban J connectivity index is 1.68. The Labute approximate surface area is 234 Å². The Morgan fingerprint density at radius 1 is 1.20 bits per heavy atom. The fraction of sp³-hybridized carbons (Fsp3) is 0.464. The largest absolute Gasteiger partial charge is 0.435 e. The average Bonchev–Trinajstić information content (AvgIpc) is 3.44. The van der Waals surface area contributed by atoms with Gasteiger partial charge in [-0.05, 0) is 62.3 Å². The van der Waals surface area contributed by atoms with E-state index in [-0.39, 0.29) is 42.5 Å². The molecule has 1 atom stereocenters. The Morgan fingerprint density at radius 3 is 2.49 bits per heavy atom. The third-order valence-electron chi connectivity index (χ3n) is 7.16. The van der Waals surface area contributed by atoms with E-state index in [1.54, 1.807) is 6.92 Å². The van der Waals surface area contributed by atoms with Gasteiger partial charge in [0.1, 0.15) is 5.56 Å². The van der Waals surface area contributed by atoms with E-state index in [2.05, 4.69) is 22.1 Å². The Morgan fingerprint density at radius 2 is 1.88 bits per heavy atom. The predicted molar refractivity (Wildman–Crippen MR) is 140 cm³/mol. The molecular weight excluding hydrogens is 546 g/mol. The molecule has 1 aromatic carbocycles. The number of benzene rings is 1. The number of pyridine rings is 1. The lowest BCUT2D eigenvalue weighted by atomic mass is 9.82. The molecule has 1 amide bonds. The molecule has 0 aliphatic heterocycles. The number of amides is 1. The number of aldehydes is 1. The highest BCUT2D eigenvalue weighted by atomic mass is 19.4. The van der Waals surface area contributed by atoms with Crippen molar-refractivity contribution in [1.29, 1.82) is 0 Å². The number of aromatic nitrogens is 4. The quantitative estimate of drug-likeness (QED) is 0.226. The highest BCUT2D eigenvalue weighted by molar-refractivity contribution is 6.00. The zero-order chi connectivity index (χ0) is 29.7. The Bertz CT molecular complexity index is 1360. The summed E-state index contributed by atoms with van der Waals surface area (Å²) >= 11 is 0. The van der Waals surface area contributed by atoms with Crippen molar-refractivity contribution in [3.63, 3.8) is 0 Å². The summed E-state index contributed by atoms with van der Waals surface area (Å²) in [5.41, 5.74) is -1.62. The van der Waals surface area contributed by atoms with Gasteiger partial charge in [0.25, 0.3) is 0 Å². The van der Waals surface area contributed by atoms with Crippen molar-refractivity contribution in [2.75, 3.05) is 18.6 Å². The molecule has 13 heteroatoms. The summed E-state index contributed by atoms with van der Waals surface area (Å²) in [6, 6.07) is 2.65. The van der Waals surface area contributed by atoms with Crippen LogP contribution in [0.15, 0.2) is 36.8 Å². The fourth-order valence-corrected chi connectivity index (χ4v) is 5.02. The van der Waals surface area contributed by atoms with Crippen LogP contribution in [0.3, 0.4) is 0 Å². The van der Waals surface area contributed by atoms with Gasteiger partial charge in [0.2, 0.25) is 11.8 Å². The first-order valence-corrected chi connectivity index (χ1v) is 13.2. The van der Waals surface area contributed by atoms with Gasteiger partial charge in [-0.2, -0.15) is 28.2 Å². The molecule has 1 fully saturated rings. The van der Waals surface area contributed by atoms with Crippen molar-refractivity contribution >= 4 is 17.9 Å². The Kier molecular flexibility index (Phi) is 9.36. The lowest BCUT2D eigenvalue weighted by Gasteiger charge is -2.35. The van der Waals surface area contributed by atoms with Crippen LogP contribution in [0.5, 0.6) is 11.6 Å². The van der Waals surface area contributed by atoms with Crippen LogP contribution in [-0.4, -0.2) is 51.9 Å². The number of carbonyl (C=O) groups excluding carboxylic acids is 2. The summed E-state index contributed by atoms with van der Waals surface area (Å²) < 4.78 is 68.0. The van der Waals surface area contributed by atoms with Crippen LogP contribution < -0.4 is 9.64 Å². The number of ether oxygens (including phenoxy) is 2. The molecule has 0 radical (unpaired) electrons. The molecule has 41 heavy (non-hydrogen) atoms. The van der Waals surface area contributed by atoms with Gasteiger partial charge < -0.3 is 14.4 Å². The van der Waals surface area contributed by atoms with Crippen LogP contribution in [0, 0.1) is 17.7 Å². The lowest BCUT2D eigenvalue weighted by Crippen LogP contribution is -2.45. The minimum atomic E-state index is -4.88. The summed E-state index contributed by atoms with van der Waals surface area (Å²) in [6.07, 6.45) is 2.31. The molecule has 220 valence electrons. The smallest absolute Gasteiger partial charge is 0.421 e. The maximum absolute atomic E-state index is 15.7. The molecule has 1 saturated carbocycles. The second-order valence-electron chi connectivity index (χ2n) is 10.3. The molecule has 3 aromatic rings. The second-order valence-corrected chi connectivity index (χ2v) is 10.3. The van der Waals surface area contributed by atoms with Gasteiger partial charge in [0, 0.05) is 19.2 Å². The SMILES string of the molecule is COC[C@H](C)N(c1ccc(Oc2ncc(Cn3nccn3)cc2C(F)(F)F)c(F)c1C=O)C(=O)[C@H]1CC[C@H](C)CC1. The van der Waals surface area contributed by atoms with Gasteiger partial charge in [-0.3, -0.25) is 9.59 Å². The van der Waals surface area contributed by atoms with Crippen molar-refractivity contribution < 1.29 is 36.6 Å². The third kappa shape index (κ3) is 6.89. The van der Waals surface area contributed by atoms with E-state index >= 15 is 4.39 Å². The lowest BCUT2D eigenvalue weighted by molar-refractivity contribution is -0.139. The van der Waals surface area contributed by atoms with Crippen LogP contribution >= 0.6 is 0 Å². The zero-order valence-electron chi connectivity index (χ0n) is 22.9. The predicted octanol–water partition coefficient (Wildman–Crippen LogP) is 5.68. The normalized spacial score (nSPS) is 18.1.